The largest absolute Gasteiger partial charge is 0.476 e. The topological polar surface area (TPSA) is 51.7 Å². The third-order valence-electron chi connectivity index (χ3n) is 4.48. The number of thiazole rings is 1. The SMILES string of the molecule is O=C1[C@H](Oc2ccc(F)cc2Cl)[C@H](c2cscn2)N1C[C@H]1CCCO1. The first-order chi connectivity index (χ1) is 12.1. The lowest BCUT2D eigenvalue weighted by molar-refractivity contribution is -0.167. The predicted octanol–water partition coefficient (Wildman–Crippen LogP) is 3.45. The number of hydrogen-bond acceptors (Lipinski definition) is 5. The van der Waals surface area contributed by atoms with E-state index in [-0.39, 0.29) is 23.1 Å². The standard InChI is InChI=1S/C17H16ClFN2O3S/c18-12-6-10(19)3-4-14(12)24-16-15(13-8-25-9-20-13)21(17(16)22)7-11-2-1-5-23-11/h3-4,6,8-9,11,15-16H,1-2,5,7H2/t11-,15+,16-/m1/s1. The number of aromatic nitrogens is 1. The number of likely N-dealkylation sites (tertiary alicyclic amines) is 1. The van der Waals surface area contributed by atoms with Crippen LogP contribution in [0.15, 0.2) is 29.1 Å². The molecule has 1 aromatic carbocycles. The Morgan fingerprint density at radius 1 is 1.48 bits per heavy atom. The van der Waals surface area contributed by atoms with Crippen LogP contribution in [-0.4, -0.2) is 41.2 Å². The van der Waals surface area contributed by atoms with Crippen LogP contribution in [0.2, 0.25) is 5.02 Å². The molecule has 1 aromatic heterocycles. The first kappa shape index (κ1) is 16.8. The number of nitrogens with zero attached hydrogens (tertiary/aromatic N) is 2. The van der Waals surface area contributed by atoms with E-state index < -0.39 is 11.9 Å². The summed E-state index contributed by atoms with van der Waals surface area (Å²) in [7, 11) is 0. The number of benzene rings is 1. The Labute approximate surface area is 153 Å². The minimum absolute atomic E-state index is 0.0560. The second-order valence-electron chi connectivity index (χ2n) is 6.10. The molecular weight excluding hydrogens is 367 g/mol. The zero-order chi connectivity index (χ0) is 17.4. The summed E-state index contributed by atoms with van der Waals surface area (Å²) in [5.74, 6) is -0.291. The number of ether oxygens (including phenoxy) is 2. The highest BCUT2D eigenvalue weighted by Crippen LogP contribution is 2.39. The number of rotatable bonds is 5. The van der Waals surface area contributed by atoms with E-state index in [1.807, 2.05) is 5.38 Å². The van der Waals surface area contributed by atoms with Crippen molar-refractivity contribution in [3.63, 3.8) is 0 Å². The third-order valence-corrected chi connectivity index (χ3v) is 5.38. The molecule has 2 aliphatic heterocycles. The summed E-state index contributed by atoms with van der Waals surface area (Å²) in [6, 6.07) is 3.57. The third kappa shape index (κ3) is 3.23. The van der Waals surface area contributed by atoms with Gasteiger partial charge in [-0.25, -0.2) is 9.37 Å². The number of carbonyl (C=O) groups is 1. The van der Waals surface area contributed by atoms with E-state index >= 15 is 0 Å². The summed E-state index contributed by atoms with van der Waals surface area (Å²) >= 11 is 7.49. The van der Waals surface area contributed by atoms with Gasteiger partial charge in [0, 0.05) is 18.5 Å². The number of β-lactam (4-membered cyclic amide) rings is 1. The molecule has 0 saturated carbocycles. The van der Waals surface area contributed by atoms with Gasteiger partial charge >= 0.3 is 0 Å². The van der Waals surface area contributed by atoms with Crippen LogP contribution in [0, 0.1) is 5.82 Å². The summed E-state index contributed by atoms with van der Waals surface area (Å²) < 4.78 is 24.7. The first-order valence-electron chi connectivity index (χ1n) is 8.05. The Morgan fingerprint density at radius 3 is 3.04 bits per heavy atom. The van der Waals surface area contributed by atoms with Crippen LogP contribution in [0.4, 0.5) is 4.39 Å². The smallest absolute Gasteiger partial charge is 0.267 e. The lowest BCUT2D eigenvalue weighted by atomic mass is 9.94. The lowest BCUT2D eigenvalue weighted by Gasteiger charge is -2.46. The van der Waals surface area contributed by atoms with Gasteiger partial charge in [-0.15, -0.1) is 11.3 Å². The second-order valence-corrected chi connectivity index (χ2v) is 7.22. The van der Waals surface area contributed by atoms with Crippen molar-refractivity contribution in [2.45, 2.75) is 31.1 Å². The Hall–Kier alpha value is -1.70. The van der Waals surface area contributed by atoms with Crippen molar-refractivity contribution in [3.05, 3.63) is 45.6 Å². The van der Waals surface area contributed by atoms with Gasteiger partial charge in [0.25, 0.3) is 5.91 Å². The molecule has 2 aromatic rings. The van der Waals surface area contributed by atoms with Gasteiger partial charge in [-0.2, -0.15) is 0 Å². The molecule has 0 aliphatic carbocycles. The Kier molecular flexibility index (Phi) is 4.62. The first-order valence-corrected chi connectivity index (χ1v) is 9.37. The highest BCUT2D eigenvalue weighted by molar-refractivity contribution is 7.07. The normalized spacial score (nSPS) is 25.9. The van der Waals surface area contributed by atoms with Crippen LogP contribution >= 0.6 is 22.9 Å². The molecular formula is C17H16ClFN2O3S. The van der Waals surface area contributed by atoms with Crippen molar-refractivity contribution >= 4 is 28.8 Å². The minimum Gasteiger partial charge on any atom is -0.476 e. The van der Waals surface area contributed by atoms with Gasteiger partial charge in [-0.05, 0) is 31.0 Å². The molecule has 0 bridgehead atoms. The van der Waals surface area contributed by atoms with Gasteiger partial charge in [0.05, 0.1) is 22.3 Å². The maximum atomic E-state index is 13.2. The summed E-state index contributed by atoms with van der Waals surface area (Å²) in [4.78, 5) is 18.7. The Bertz CT molecular complexity index is 767. The Morgan fingerprint density at radius 2 is 2.36 bits per heavy atom. The molecule has 0 radical (unpaired) electrons. The quantitative estimate of drug-likeness (QED) is 0.743. The molecule has 1 amide bonds. The van der Waals surface area contributed by atoms with Crippen molar-refractivity contribution in [3.8, 4) is 5.75 Å². The number of halogens is 2. The Balaban J connectivity index is 1.55. The summed E-state index contributed by atoms with van der Waals surface area (Å²) in [6.45, 7) is 1.26. The van der Waals surface area contributed by atoms with E-state index in [2.05, 4.69) is 4.98 Å². The van der Waals surface area contributed by atoms with Gasteiger partial charge in [0.1, 0.15) is 17.6 Å². The summed E-state index contributed by atoms with van der Waals surface area (Å²) in [5.41, 5.74) is 2.51. The molecule has 0 spiro atoms. The average molecular weight is 383 g/mol. The average Bonchev–Trinajstić information content (AvgIpc) is 3.28. The van der Waals surface area contributed by atoms with Gasteiger partial charge < -0.3 is 14.4 Å². The molecule has 4 rings (SSSR count). The maximum absolute atomic E-state index is 13.2. The van der Waals surface area contributed by atoms with Gasteiger partial charge in [-0.3, -0.25) is 4.79 Å². The maximum Gasteiger partial charge on any atom is 0.267 e. The van der Waals surface area contributed by atoms with Crippen LogP contribution in [0.5, 0.6) is 5.75 Å². The van der Waals surface area contributed by atoms with Crippen molar-refractivity contribution in [2.75, 3.05) is 13.2 Å². The zero-order valence-corrected chi connectivity index (χ0v) is 14.8. The zero-order valence-electron chi connectivity index (χ0n) is 13.2. The van der Waals surface area contributed by atoms with E-state index in [4.69, 9.17) is 21.1 Å². The summed E-state index contributed by atoms with van der Waals surface area (Å²) in [6.07, 6.45) is 1.30. The fraction of sp³-hybridized carbons (Fsp3) is 0.412. The van der Waals surface area contributed by atoms with Crippen LogP contribution in [-0.2, 0) is 9.53 Å². The van der Waals surface area contributed by atoms with Gasteiger partial charge in [-0.1, -0.05) is 11.6 Å². The van der Waals surface area contributed by atoms with Gasteiger partial charge in [0.15, 0.2) is 0 Å². The number of hydrogen-bond donors (Lipinski definition) is 0. The molecule has 2 fully saturated rings. The van der Waals surface area contributed by atoms with Crippen molar-refractivity contribution < 1.29 is 18.7 Å². The molecule has 3 atom stereocenters. The highest BCUT2D eigenvalue weighted by atomic mass is 35.5. The van der Waals surface area contributed by atoms with E-state index in [1.165, 1.54) is 29.5 Å². The number of carbonyl (C=O) groups excluding carboxylic acids is 1. The lowest BCUT2D eigenvalue weighted by Crippen LogP contribution is -2.62. The number of amides is 1. The molecule has 132 valence electrons. The van der Waals surface area contributed by atoms with E-state index in [1.54, 1.807) is 10.4 Å². The van der Waals surface area contributed by atoms with Crippen LogP contribution < -0.4 is 4.74 Å². The van der Waals surface area contributed by atoms with E-state index in [0.717, 1.165) is 25.1 Å². The van der Waals surface area contributed by atoms with Crippen LogP contribution in [0.3, 0.4) is 0 Å². The van der Waals surface area contributed by atoms with Crippen molar-refractivity contribution in [1.29, 1.82) is 0 Å². The van der Waals surface area contributed by atoms with Gasteiger partial charge in [0.2, 0.25) is 6.10 Å². The molecule has 5 nitrogen and oxygen atoms in total. The molecule has 2 saturated heterocycles. The van der Waals surface area contributed by atoms with Crippen molar-refractivity contribution in [2.24, 2.45) is 0 Å². The monoisotopic (exact) mass is 382 g/mol. The van der Waals surface area contributed by atoms with Crippen LogP contribution in [0.1, 0.15) is 24.6 Å². The van der Waals surface area contributed by atoms with Crippen LogP contribution in [0.25, 0.3) is 0 Å². The minimum atomic E-state index is -0.716. The highest BCUT2D eigenvalue weighted by Gasteiger charge is 2.52. The molecule has 0 unspecified atom stereocenters. The fourth-order valence-corrected chi connectivity index (χ4v) is 4.03. The molecule has 0 N–H and O–H groups in total. The molecule has 8 heteroatoms. The molecule has 3 heterocycles. The van der Waals surface area contributed by atoms with Crippen molar-refractivity contribution in [1.82, 2.24) is 9.88 Å². The molecule has 25 heavy (non-hydrogen) atoms. The fourth-order valence-electron chi connectivity index (χ4n) is 3.23. The summed E-state index contributed by atoms with van der Waals surface area (Å²) in [5, 5.41) is 2.05. The molecule has 2 aliphatic rings. The van der Waals surface area contributed by atoms with E-state index in [9.17, 15) is 9.18 Å². The second kappa shape index (κ2) is 6.90. The van der Waals surface area contributed by atoms with E-state index in [0.29, 0.717) is 12.3 Å². The predicted molar refractivity (Wildman–Crippen MR) is 91.4 cm³/mol.